The number of rotatable bonds is 12. The van der Waals surface area contributed by atoms with Gasteiger partial charge >= 0.3 is 0 Å². The van der Waals surface area contributed by atoms with Crippen molar-refractivity contribution in [1.82, 2.24) is 10.2 Å². The zero-order valence-electron chi connectivity index (χ0n) is 24.2. The third-order valence-corrected chi connectivity index (χ3v) is 9.05. The predicted molar refractivity (Wildman–Crippen MR) is 169 cm³/mol. The van der Waals surface area contributed by atoms with Crippen molar-refractivity contribution in [3.63, 3.8) is 0 Å². The molecular weight excluding hydrogens is 586 g/mol. The van der Waals surface area contributed by atoms with E-state index in [0.29, 0.717) is 10.8 Å². The Morgan fingerprint density at radius 2 is 1.56 bits per heavy atom. The molecule has 4 aromatic carbocycles. The van der Waals surface area contributed by atoms with Gasteiger partial charge in [-0.2, -0.15) is 0 Å². The molecule has 0 fully saturated rings. The van der Waals surface area contributed by atoms with Crippen LogP contribution in [0.25, 0.3) is 0 Å². The van der Waals surface area contributed by atoms with Gasteiger partial charge in [-0.3, -0.25) is 13.9 Å². The van der Waals surface area contributed by atoms with Crippen molar-refractivity contribution in [3.05, 3.63) is 125 Å². The van der Waals surface area contributed by atoms with Crippen LogP contribution in [-0.2, 0) is 32.6 Å². The molecule has 0 radical (unpaired) electrons. The van der Waals surface area contributed by atoms with E-state index in [0.717, 1.165) is 21.0 Å². The lowest BCUT2D eigenvalue weighted by atomic mass is 10.0. The Balaban J connectivity index is 1.79. The van der Waals surface area contributed by atoms with Gasteiger partial charge in [0.25, 0.3) is 10.0 Å². The van der Waals surface area contributed by atoms with Crippen molar-refractivity contribution >= 4 is 39.1 Å². The molecule has 2 amide bonds. The van der Waals surface area contributed by atoms with Gasteiger partial charge in [-0.05, 0) is 54.4 Å². The fraction of sp³-hybridized carbons (Fsp3) is 0.212. The Kier molecular flexibility index (Phi) is 10.4. The highest BCUT2D eigenvalue weighted by Gasteiger charge is 2.34. The first-order valence-electron chi connectivity index (χ1n) is 13.6. The van der Waals surface area contributed by atoms with E-state index < -0.39 is 28.5 Å². The summed E-state index contributed by atoms with van der Waals surface area (Å²) in [6.07, 6.45) is 0.226. The standard InChI is InChI=1S/C33H34ClN3O5S/c1-24-12-18-30(19-13-24)43(40,41)37(28-10-7-11-29(21-28)42-3)23-32(38)36(22-26-14-16-27(34)17-15-26)31(33(39)35-2)20-25-8-5-4-6-9-25/h4-19,21,31H,20,22-23H2,1-3H3,(H,35,39)/t31-/m0/s1. The van der Waals surface area contributed by atoms with Crippen LogP contribution >= 0.6 is 11.6 Å². The van der Waals surface area contributed by atoms with Gasteiger partial charge in [-0.15, -0.1) is 0 Å². The molecule has 0 heterocycles. The van der Waals surface area contributed by atoms with Crippen LogP contribution in [0.3, 0.4) is 0 Å². The lowest BCUT2D eigenvalue weighted by molar-refractivity contribution is -0.139. The number of benzene rings is 4. The molecule has 224 valence electrons. The molecule has 0 aliphatic carbocycles. The number of methoxy groups -OCH3 is 1. The molecule has 0 aliphatic rings. The molecule has 0 aliphatic heterocycles. The summed E-state index contributed by atoms with van der Waals surface area (Å²) < 4.78 is 34.5. The number of anilines is 1. The van der Waals surface area contributed by atoms with E-state index in [1.165, 1.54) is 31.2 Å². The highest BCUT2D eigenvalue weighted by atomic mass is 35.5. The Morgan fingerprint density at radius 1 is 0.884 bits per heavy atom. The predicted octanol–water partition coefficient (Wildman–Crippen LogP) is 5.24. The molecule has 0 saturated heterocycles. The van der Waals surface area contributed by atoms with Crippen LogP contribution < -0.4 is 14.4 Å². The van der Waals surface area contributed by atoms with Gasteiger partial charge in [-0.25, -0.2) is 8.42 Å². The summed E-state index contributed by atoms with van der Waals surface area (Å²) in [5, 5.41) is 3.20. The highest BCUT2D eigenvalue weighted by molar-refractivity contribution is 7.92. The zero-order valence-corrected chi connectivity index (χ0v) is 25.8. The van der Waals surface area contributed by atoms with Crippen molar-refractivity contribution in [2.45, 2.75) is 30.8 Å². The number of carbonyl (C=O) groups excluding carboxylic acids is 2. The molecule has 0 saturated carbocycles. The first kappa shape index (κ1) is 31.6. The Morgan fingerprint density at radius 3 is 2.19 bits per heavy atom. The second kappa shape index (κ2) is 14.2. The van der Waals surface area contributed by atoms with Gasteiger partial charge in [0.15, 0.2) is 0 Å². The number of ether oxygens (including phenoxy) is 1. The van der Waals surface area contributed by atoms with Crippen LogP contribution in [-0.4, -0.2) is 51.9 Å². The Bertz CT molecular complexity index is 1650. The minimum absolute atomic E-state index is 0.0325. The number of sulfonamides is 1. The maximum absolute atomic E-state index is 14.3. The average Bonchev–Trinajstić information content (AvgIpc) is 3.02. The molecule has 4 aromatic rings. The quantitative estimate of drug-likeness (QED) is 0.234. The van der Waals surface area contributed by atoms with E-state index in [4.69, 9.17) is 16.3 Å². The summed E-state index contributed by atoms with van der Waals surface area (Å²) in [4.78, 5) is 29.1. The molecule has 0 aromatic heterocycles. The van der Waals surface area contributed by atoms with E-state index in [1.807, 2.05) is 37.3 Å². The van der Waals surface area contributed by atoms with Crippen LogP contribution in [0.1, 0.15) is 16.7 Å². The summed E-state index contributed by atoms with van der Waals surface area (Å²) in [6.45, 7) is 1.36. The lowest BCUT2D eigenvalue weighted by Crippen LogP contribution is -2.53. The minimum Gasteiger partial charge on any atom is -0.497 e. The van der Waals surface area contributed by atoms with Crippen molar-refractivity contribution in [2.75, 3.05) is 25.0 Å². The number of carbonyl (C=O) groups is 2. The molecule has 0 bridgehead atoms. The van der Waals surface area contributed by atoms with Crippen LogP contribution in [0.5, 0.6) is 5.75 Å². The molecule has 0 unspecified atom stereocenters. The van der Waals surface area contributed by atoms with Gasteiger partial charge in [0.05, 0.1) is 17.7 Å². The maximum atomic E-state index is 14.3. The monoisotopic (exact) mass is 619 g/mol. The smallest absolute Gasteiger partial charge is 0.264 e. The summed E-state index contributed by atoms with van der Waals surface area (Å²) in [5.41, 5.74) is 2.72. The van der Waals surface area contributed by atoms with Gasteiger partial charge in [-0.1, -0.05) is 77.8 Å². The topological polar surface area (TPSA) is 96.0 Å². The molecule has 43 heavy (non-hydrogen) atoms. The van der Waals surface area contributed by atoms with E-state index in [2.05, 4.69) is 5.32 Å². The lowest BCUT2D eigenvalue weighted by Gasteiger charge is -2.33. The van der Waals surface area contributed by atoms with Crippen molar-refractivity contribution < 1.29 is 22.7 Å². The first-order chi connectivity index (χ1) is 20.6. The molecule has 4 rings (SSSR count). The summed E-state index contributed by atoms with van der Waals surface area (Å²) in [7, 11) is -1.21. The largest absolute Gasteiger partial charge is 0.497 e. The molecule has 1 N–H and O–H groups in total. The molecule has 8 nitrogen and oxygen atoms in total. The third-order valence-electron chi connectivity index (χ3n) is 7.01. The molecule has 10 heteroatoms. The minimum atomic E-state index is -4.20. The van der Waals surface area contributed by atoms with Crippen molar-refractivity contribution in [2.24, 2.45) is 0 Å². The van der Waals surface area contributed by atoms with Crippen LogP contribution in [0.15, 0.2) is 108 Å². The van der Waals surface area contributed by atoms with E-state index in [1.54, 1.807) is 60.7 Å². The fourth-order valence-corrected chi connectivity index (χ4v) is 6.17. The average molecular weight is 620 g/mol. The SMILES string of the molecule is CNC(=O)[C@H](Cc1ccccc1)N(Cc1ccc(Cl)cc1)C(=O)CN(c1cccc(OC)c1)S(=O)(=O)c1ccc(C)cc1. The second-order valence-corrected chi connectivity index (χ2v) is 12.3. The van der Waals surface area contributed by atoms with E-state index in [-0.39, 0.29) is 29.5 Å². The van der Waals surface area contributed by atoms with E-state index in [9.17, 15) is 18.0 Å². The molecular formula is C33H34ClN3O5S. The number of likely N-dealkylation sites (N-methyl/N-ethyl adjacent to an activating group) is 1. The van der Waals surface area contributed by atoms with E-state index >= 15 is 0 Å². The number of amides is 2. The van der Waals surface area contributed by atoms with Crippen LogP contribution in [0.2, 0.25) is 5.02 Å². The summed E-state index contributed by atoms with van der Waals surface area (Å²) in [6, 6.07) is 28.3. The van der Waals surface area contributed by atoms with Gasteiger partial charge in [0.1, 0.15) is 18.3 Å². The van der Waals surface area contributed by atoms with Crippen molar-refractivity contribution in [3.8, 4) is 5.75 Å². The highest BCUT2D eigenvalue weighted by Crippen LogP contribution is 2.28. The zero-order chi connectivity index (χ0) is 31.0. The maximum Gasteiger partial charge on any atom is 0.264 e. The van der Waals surface area contributed by atoms with Crippen molar-refractivity contribution in [1.29, 1.82) is 0 Å². The van der Waals surface area contributed by atoms with Gasteiger partial charge in [0, 0.05) is 31.1 Å². The normalized spacial score (nSPS) is 11.8. The molecule has 1 atom stereocenters. The third kappa shape index (κ3) is 7.94. The fourth-order valence-electron chi connectivity index (χ4n) is 4.64. The van der Waals surface area contributed by atoms with Crippen LogP contribution in [0.4, 0.5) is 5.69 Å². The number of nitrogens with zero attached hydrogens (tertiary/aromatic N) is 2. The first-order valence-corrected chi connectivity index (χ1v) is 15.5. The Hall–Kier alpha value is -4.34. The molecule has 0 spiro atoms. The second-order valence-electron chi connectivity index (χ2n) is 9.99. The number of halogens is 1. The Labute approximate surface area is 257 Å². The van der Waals surface area contributed by atoms with Gasteiger partial charge < -0.3 is 15.0 Å². The number of nitrogens with one attached hydrogen (secondary N) is 1. The number of aryl methyl sites for hydroxylation is 1. The number of hydrogen-bond donors (Lipinski definition) is 1. The van der Waals surface area contributed by atoms with Gasteiger partial charge in [0.2, 0.25) is 11.8 Å². The summed E-state index contributed by atoms with van der Waals surface area (Å²) in [5.74, 6) is -0.502. The summed E-state index contributed by atoms with van der Waals surface area (Å²) >= 11 is 6.10. The van der Waals surface area contributed by atoms with Crippen LogP contribution in [0, 0.1) is 6.92 Å². The number of hydrogen-bond acceptors (Lipinski definition) is 5.